The molecule has 1 saturated heterocycles. The lowest BCUT2D eigenvalue weighted by molar-refractivity contribution is -0.121. The van der Waals surface area contributed by atoms with Gasteiger partial charge in [0, 0.05) is 11.3 Å². The molecule has 2 amide bonds. The number of benzene rings is 2. The van der Waals surface area contributed by atoms with Crippen molar-refractivity contribution in [3.05, 3.63) is 59.7 Å². The van der Waals surface area contributed by atoms with Gasteiger partial charge in [0.05, 0.1) is 24.3 Å². The first-order valence-electron chi connectivity index (χ1n) is 8.92. The van der Waals surface area contributed by atoms with Crippen LogP contribution < -0.4 is 10.2 Å². The molecule has 0 saturated carbocycles. The van der Waals surface area contributed by atoms with Crippen LogP contribution in [0.3, 0.4) is 0 Å². The smallest absolute Gasteiger partial charge is 0.338 e. The molecular formula is C21H20N2O5. The second kappa shape index (κ2) is 8.04. The summed E-state index contributed by atoms with van der Waals surface area (Å²) in [6, 6.07) is 12.2. The second-order valence-electron chi connectivity index (χ2n) is 6.37. The van der Waals surface area contributed by atoms with Crippen LogP contribution in [-0.4, -0.2) is 36.2 Å². The van der Waals surface area contributed by atoms with E-state index in [0.717, 1.165) is 4.90 Å². The first-order chi connectivity index (χ1) is 13.4. The molecule has 0 aliphatic carbocycles. The quantitative estimate of drug-likeness (QED) is 0.471. The number of nitrogens with zero attached hydrogens (tertiary/aromatic N) is 1. The number of carbonyl (C=O) groups is 4. The molecule has 2 aromatic carbocycles. The average Bonchev–Trinajstić information content (AvgIpc) is 2.96. The molecule has 28 heavy (non-hydrogen) atoms. The summed E-state index contributed by atoms with van der Waals surface area (Å²) in [6.07, 6.45) is 0.0208. The highest BCUT2D eigenvalue weighted by Gasteiger charge is 2.39. The minimum absolute atomic E-state index is 0.0208. The van der Waals surface area contributed by atoms with E-state index in [9.17, 15) is 19.2 Å². The molecule has 1 atom stereocenters. The van der Waals surface area contributed by atoms with E-state index in [0.29, 0.717) is 29.1 Å². The van der Waals surface area contributed by atoms with E-state index < -0.39 is 12.0 Å². The number of rotatable bonds is 6. The van der Waals surface area contributed by atoms with Gasteiger partial charge in [0.1, 0.15) is 6.04 Å². The fourth-order valence-corrected chi connectivity index (χ4v) is 2.98. The third-order valence-electron chi connectivity index (χ3n) is 4.42. The van der Waals surface area contributed by atoms with Crippen molar-refractivity contribution in [2.75, 3.05) is 16.8 Å². The van der Waals surface area contributed by atoms with E-state index in [2.05, 4.69) is 5.32 Å². The highest BCUT2D eigenvalue weighted by atomic mass is 16.5. The Bertz CT molecular complexity index is 919. The molecule has 2 aromatic rings. The Hall–Kier alpha value is -3.48. The third-order valence-corrected chi connectivity index (χ3v) is 4.42. The maximum atomic E-state index is 12.7. The molecule has 0 bridgehead atoms. The molecule has 1 heterocycles. The Kier molecular flexibility index (Phi) is 5.54. The Balaban J connectivity index is 1.71. The molecule has 0 spiro atoms. The number of amides is 2. The van der Waals surface area contributed by atoms with Crippen LogP contribution >= 0.6 is 0 Å². The summed E-state index contributed by atoms with van der Waals surface area (Å²) in [6.45, 7) is 3.48. The van der Waals surface area contributed by atoms with Crippen LogP contribution in [0, 0.1) is 0 Å². The van der Waals surface area contributed by atoms with E-state index in [1.807, 2.05) is 0 Å². The zero-order chi connectivity index (χ0) is 20.3. The summed E-state index contributed by atoms with van der Waals surface area (Å²) in [7, 11) is 0. The predicted molar refractivity (Wildman–Crippen MR) is 103 cm³/mol. The van der Waals surface area contributed by atoms with Crippen LogP contribution in [-0.2, 0) is 14.3 Å². The van der Waals surface area contributed by atoms with Crippen LogP contribution in [0.4, 0.5) is 11.4 Å². The van der Waals surface area contributed by atoms with Crippen molar-refractivity contribution < 1.29 is 23.9 Å². The van der Waals surface area contributed by atoms with Crippen LogP contribution in [0.2, 0.25) is 0 Å². The van der Waals surface area contributed by atoms with Gasteiger partial charge < -0.3 is 10.1 Å². The second-order valence-corrected chi connectivity index (χ2v) is 6.37. The van der Waals surface area contributed by atoms with Crippen molar-refractivity contribution in [3.8, 4) is 0 Å². The summed E-state index contributed by atoms with van der Waals surface area (Å²) in [4.78, 5) is 49.2. The molecular weight excluding hydrogens is 360 g/mol. The molecule has 0 radical (unpaired) electrons. The number of nitrogens with one attached hydrogen (secondary N) is 1. The van der Waals surface area contributed by atoms with Gasteiger partial charge in [-0.2, -0.15) is 0 Å². The van der Waals surface area contributed by atoms with E-state index in [1.54, 1.807) is 55.5 Å². The van der Waals surface area contributed by atoms with Crippen molar-refractivity contribution >= 4 is 34.9 Å². The zero-order valence-corrected chi connectivity index (χ0v) is 15.6. The topological polar surface area (TPSA) is 92.8 Å². The molecule has 7 nitrogen and oxygen atoms in total. The number of imide groups is 1. The lowest BCUT2D eigenvalue weighted by atomic mass is 10.1. The van der Waals surface area contributed by atoms with Gasteiger partial charge in [0.2, 0.25) is 5.91 Å². The molecule has 1 fully saturated rings. The van der Waals surface area contributed by atoms with Crippen LogP contribution in [0.1, 0.15) is 41.0 Å². The van der Waals surface area contributed by atoms with E-state index >= 15 is 0 Å². The summed E-state index contributed by atoms with van der Waals surface area (Å²) < 4.78 is 4.93. The Morgan fingerprint density at radius 2 is 1.64 bits per heavy atom. The lowest BCUT2D eigenvalue weighted by Gasteiger charge is -2.16. The number of carbonyl (C=O) groups excluding carboxylic acids is 4. The standard InChI is InChI=1S/C21H20N2O5/c1-3-28-21(27)15-4-8-16(9-5-15)22-18-12-19(25)23(20(18)26)17-10-6-14(7-11-17)13(2)24/h4-11,18,22H,3,12H2,1-2H3/t18-/m0/s1. The minimum atomic E-state index is -0.701. The number of hydrogen-bond acceptors (Lipinski definition) is 6. The maximum absolute atomic E-state index is 12.7. The normalized spacial score (nSPS) is 16.2. The Morgan fingerprint density at radius 1 is 1.04 bits per heavy atom. The van der Waals surface area contributed by atoms with Crippen molar-refractivity contribution in [2.24, 2.45) is 0 Å². The minimum Gasteiger partial charge on any atom is -0.462 e. The predicted octanol–water partition coefficient (Wildman–Crippen LogP) is 2.81. The summed E-state index contributed by atoms with van der Waals surface area (Å²) in [5.74, 6) is -1.19. The number of Topliss-reactive ketones (excluding diaryl/α,β-unsaturated/α-hetero) is 1. The van der Waals surface area contributed by atoms with Gasteiger partial charge >= 0.3 is 5.97 Å². The Labute approximate surface area is 162 Å². The number of ether oxygens (including phenoxy) is 1. The molecule has 3 rings (SSSR count). The van der Waals surface area contributed by atoms with Crippen LogP contribution in [0.15, 0.2) is 48.5 Å². The van der Waals surface area contributed by atoms with Crippen molar-refractivity contribution in [1.29, 1.82) is 0 Å². The molecule has 1 aliphatic heterocycles. The van der Waals surface area contributed by atoms with Crippen LogP contribution in [0.25, 0.3) is 0 Å². The third kappa shape index (κ3) is 3.93. The number of ketones is 1. The highest BCUT2D eigenvalue weighted by molar-refractivity contribution is 6.23. The Morgan fingerprint density at radius 3 is 2.21 bits per heavy atom. The average molecular weight is 380 g/mol. The summed E-state index contributed by atoms with van der Waals surface area (Å²) >= 11 is 0. The van der Waals surface area contributed by atoms with E-state index in [4.69, 9.17) is 4.74 Å². The fraction of sp³-hybridized carbons (Fsp3) is 0.238. The van der Waals surface area contributed by atoms with Gasteiger partial charge in [-0.25, -0.2) is 9.69 Å². The number of esters is 1. The van der Waals surface area contributed by atoms with Gasteiger partial charge in [-0.05, 0) is 62.4 Å². The first kappa shape index (κ1) is 19.3. The van der Waals surface area contributed by atoms with E-state index in [-0.39, 0.29) is 24.0 Å². The SMILES string of the molecule is CCOC(=O)c1ccc(N[C@H]2CC(=O)N(c3ccc(C(C)=O)cc3)C2=O)cc1. The van der Waals surface area contributed by atoms with Gasteiger partial charge in [-0.3, -0.25) is 14.4 Å². The lowest BCUT2D eigenvalue weighted by Crippen LogP contribution is -2.34. The molecule has 144 valence electrons. The highest BCUT2D eigenvalue weighted by Crippen LogP contribution is 2.25. The van der Waals surface area contributed by atoms with E-state index in [1.165, 1.54) is 6.92 Å². The van der Waals surface area contributed by atoms with Gasteiger partial charge in [-0.1, -0.05) is 0 Å². The number of hydrogen-bond donors (Lipinski definition) is 1. The molecule has 7 heteroatoms. The monoisotopic (exact) mass is 380 g/mol. The molecule has 1 N–H and O–H groups in total. The van der Waals surface area contributed by atoms with Gasteiger partial charge in [0.15, 0.2) is 5.78 Å². The van der Waals surface area contributed by atoms with Gasteiger partial charge in [-0.15, -0.1) is 0 Å². The number of anilines is 2. The molecule has 0 aromatic heterocycles. The maximum Gasteiger partial charge on any atom is 0.338 e. The molecule has 0 unspecified atom stereocenters. The van der Waals surface area contributed by atoms with Crippen molar-refractivity contribution in [1.82, 2.24) is 0 Å². The van der Waals surface area contributed by atoms with Crippen molar-refractivity contribution in [3.63, 3.8) is 0 Å². The zero-order valence-electron chi connectivity index (χ0n) is 15.6. The fourth-order valence-electron chi connectivity index (χ4n) is 2.98. The van der Waals surface area contributed by atoms with Gasteiger partial charge in [0.25, 0.3) is 5.91 Å². The van der Waals surface area contributed by atoms with Crippen LogP contribution in [0.5, 0.6) is 0 Å². The summed E-state index contributed by atoms with van der Waals surface area (Å²) in [5, 5.41) is 3.03. The largest absolute Gasteiger partial charge is 0.462 e. The van der Waals surface area contributed by atoms with Crippen molar-refractivity contribution in [2.45, 2.75) is 26.3 Å². The first-order valence-corrected chi connectivity index (χ1v) is 8.92. The summed E-state index contributed by atoms with van der Waals surface area (Å²) in [5.41, 5.74) is 1.97. The molecule has 1 aliphatic rings.